The summed E-state index contributed by atoms with van der Waals surface area (Å²) in [6, 6.07) is 9.67. The van der Waals surface area contributed by atoms with Gasteiger partial charge in [0.2, 0.25) is 5.78 Å². The van der Waals surface area contributed by atoms with Gasteiger partial charge < -0.3 is 18.9 Å². The van der Waals surface area contributed by atoms with Crippen molar-refractivity contribution >= 4 is 11.8 Å². The van der Waals surface area contributed by atoms with Crippen molar-refractivity contribution in [3.8, 4) is 17.2 Å². The largest absolute Gasteiger partial charge is 0.493 e. The summed E-state index contributed by atoms with van der Waals surface area (Å²) >= 11 is 0. The zero-order chi connectivity index (χ0) is 20.7. The number of halogens is 2. The van der Waals surface area contributed by atoms with Crippen LogP contribution in [0.5, 0.6) is 17.2 Å². The van der Waals surface area contributed by atoms with Crippen LogP contribution >= 0.6 is 0 Å². The molecule has 0 saturated heterocycles. The van der Waals surface area contributed by atoms with Crippen LogP contribution in [0.1, 0.15) is 34.6 Å². The quantitative estimate of drug-likeness (QED) is 0.471. The van der Waals surface area contributed by atoms with Crippen molar-refractivity contribution in [1.29, 1.82) is 0 Å². The Bertz CT molecular complexity index is 820. The fourth-order valence-electron chi connectivity index (χ4n) is 2.39. The molecule has 150 valence electrons. The number of hydrogen-bond donors (Lipinski definition) is 0. The Hall–Kier alpha value is -3.16. The molecular formula is C20H20F2O6. The number of Topliss-reactive ketones (excluding diaryl/α,β-unsaturated/α-hetero) is 1. The third-order valence-corrected chi connectivity index (χ3v) is 3.72. The van der Waals surface area contributed by atoms with Gasteiger partial charge in [-0.15, -0.1) is 0 Å². The van der Waals surface area contributed by atoms with E-state index in [1.165, 1.54) is 50.4 Å². The predicted octanol–water partition coefficient (Wildman–Crippen LogP) is 4.12. The van der Waals surface area contributed by atoms with Crippen LogP contribution in [0.25, 0.3) is 0 Å². The number of hydrogen-bond acceptors (Lipinski definition) is 6. The summed E-state index contributed by atoms with van der Waals surface area (Å²) in [6.45, 7) is 0.654. The maximum absolute atomic E-state index is 12.4. The molecule has 0 unspecified atom stereocenters. The summed E-state index contributed by atoms with van der Waals surface area (Å²) in [4.78, 5) is 24.8. The van der Waals surface area contributed by atoms with E-state index in [0.717, 1.165) is 0 Å². The van der Waals surface area contributed by atoms with Crippen molar-refractivity contribution in [3.05, 3.63) is 53.6 Å². The molecule has 0 bridgehead atoms. The van der Waals surface area contributed by atoms with Gasteiger partial charge in [-0.05, 0) is 56.3 Å². The number of benzene rings is 2. The molecule has 0 spiro atoms. The van der Waals surface area contributed by atoms with E-state index < -0.39 is 24.5 Å². The molecule has 0 fully saturated rings. The standard InChI is InChI=1S/C20H20F2O6/c1-4-26-17-11-14(7-10-16(17)25-3)19(24)27-12(2)18(23)13-5-8-15(9-6-13)28-20(21)22/h5-12,20H,4H2,1-3H3/t12-/m0/s1. The maximum atomic E-state index is 12.4. The van der Waals surface area contributed by atoms with Gasteiger partial charge in [0.05, 0.1) is 19.3 Å². The highest BCUT2D eigenvalue weighted by Gasteiger charge is 2.21. The van der Waals surface area contributed by atoms with E-state index in [2.05, 4.69) is 4.74 Å². The van der Waals surface area contributed by atoms with E-state index in [0.29, 0.717) is 18.1 Å². The highest BCUT2D eigenvalue weighted by molar-refractivity contribution is 6.01. The van der Waals surface area contributed by atoms with Crippen molar-refractivity contribution < 1.29 is 37.3 Å². The zero-order valence-electron chi connectivity index (χ0n) is 15.6. The number of methoxy groups -OCH3 is 1. The number of carbonyl (C=O) groups excluding carboxylic acids is 2. The molecule has 28 heavy (non-hydrogen) atoms. The summed E-state index contributed by atoms with van der Waals surface area (Å²) in [6.07, 6.45) is -1.08. The van der Waals surface area contributed by atoms with E-state index in [9.17, 15) is 18.4 Å². The summed E-state index contributed by atoms with van der Waals surface area (Å²) in [5, 5.41) is 0. The Morgan fingerprint density at radius 1 is 1.00 bits per heavy atom. The Labute approximate surface area is 161 Å². The number of rotatable bonds is 9. The van der Waals surface area contributed by atoms with E-state index >= 15 is 0 Å². The number of esters is 1. The summed E-state index contributed by atoms with van der Waals surface area (Å²) < 4.78 is 44.4. The molecule has 0 N–H and O–H groups in total. The molecule has 0 aromatic heterocycles. The second-order valence-corrected chi connectivity index (χ2v) is 5.61. The minimum absolute atomic E-state index is 0.0714. The predicted molar refractivity (Wildman–Crippen MR) is 96.4 cm³/mol. The first-order valence-electron chi connectivity index (χ1n) is 8.46. The lowest BCUT2D eigenvalue weighted by Gasteiger charge is -2.14. The van der Waals surface area contributed by atoms with Crippen LogP contribution in [0.15, 0.2) is 42.5 Å². The average molecular weight is 394 g/mol. The number of alkyl halides is 2. The van der Waals surface area contributed by atoms with Crippen LogP contribution in [-0.4, -0.2) is 38.2 Å². The molecule has 6 nitrogen and oxygen atoms in total. The molecule has 0 amide bonds. The normalized spacial score (nSPS) is 11.6. The SMILES string of the molecule is CCOc1cc(C(=O)O[C@@H](C)C(=O)c2ccc(OC(F)F)cc2)ccc1OC. The fraction of sp³-hybridized carbons (Fsp3) is 0.300. The monoisotopic (exact) mass is 394 g/mol. The van der Waals surface area contributed by atoms with Crippen LogP contribution in [0.2, 0.25) is 0 Å². The fourth-order valence-corrected chi connectivity index (χ4v) is 2.39. The van der Waals surface area contributed by atoms with Crippen molar-refractivity contribution in [2.45, 2.75) is 26.6 Å². The molecule has 0 aliphatic carbocycles. The van der Waals surface area contributed by atoms with Gasteiger partial charge in [-0.1, -0.05) is 0 Å². The van der Waals surface area contributed by atoms with Crippen molar-refractivity contribution in [2.75, 3.05) is 13.7 Å². The van der Waals surface area contributed by atoms with Crippen LogP contribution in [0.3, 0.4) is 0 Å². The Balaban J connectivity index is 2.07. The highest BCUT2D eigenvalue weighted by atomic mass is 19.3. The van der Waals surface area contributed by atoms with Crippen molar-refractivity contribution in [2.24, 2.45) is 0 Å². The van der Waals surface area contributed by atoms with E-state index in [4.69, 9.17) is 14.2 Å². The molecule has 1 atom stereocenters. The molecule has 8 heteroatoms. The molecule has 2 rings (SSSR count). The molecular weight excluding hydrogens is 374 g/mol. The lowest BCUT2D eigenvalue weighted by Crippen LogP contribution is -2.24. The molecule has 0 aliphatic rings. The van der Waals surface area contributed by atoms with E-state index in [-0.39, 0.29) is 16.9 Å². The first kappa shape index (κ1) is 21.1. The zero-order valence-corrected chi connectivity index (χ0v) is 15.6. The summed E-state index contributed by atoms with van der Waals surface area (Å²) in [5.41, 5.74) is 0.399. The second kappa shape index (κ2) is 9.68. The smallest absolute Gasteiger partial charge is 0.387 e. The second-order valence-electron chi connectivity index (χ2n) is 5.61. The Kier molecular flexibility index (Phi) is 7.31. The van der Waals surface area contributed by atoms with Gasteiger partial charge in [-0.25, -0.2) is 4.79 Å². The van der Waals surface area contributed by atoms with Crippen molar-refractivity contribution in [3.63, 3.8) is 0 Å². The third kappa shape index (κ3) is 5.42. The van der Waals surface area contributed by atoms with Crippen LogP contribution in [0, 0.1) is 0 Å². The minimum atomic E-state index is -2.95. The molecule has 0 radical (unpaired) electrons. The van der Waals surface area contributed by atoms with Gasteiger partial charge in [0.25, 0.3) is 0 Å². The number of ketones is 1. The summed E-state index contributed by atoms with van der Waals surface area (Å²) in [7, 11) is 1.48. The molecule has 2 aromatic carbocycles. The topological polar surface area (TPSA) is 71.1 Å². The van der Waals surface area contributed by atoms with Gasteiger partial charge in [-0.3, -0.25) is 4.79 Å². The van der Waals surface area contributed by atoms with Crippen molar-refractivity contribution in [1.82, 2.24) is 0 Å². The average Bonchev–Trinajstić information content (AvgIpc) is 2.67. The van der Waals surface area contributed by atoms with E-state index in [1.807, 2.05) is 0 Å². The number of carbonyl (C=O) groups is 2. The summed E-state index contributed by atoms with van der Waals surface area (Å²) in [5.74, 6) is -0.405. The highest BCUT2D eigenvalue weighted by Crippen LogP contribution is 2.28. The molecule has 0 aliphatic heterocycles. The van der Waals surface area contributed by atoms with E-state index in [1.54, 1.807) is 13.0 Å². The van der Waals surface area contributed by atoms with Gasteiger partial charge in [-0.2, -0.15) is 8.78 Å². The Morgan fingerprint density at radius 2 is 1.64 bits per heavy atom. The first-order chi connectivity index (χ1) is 13.3. The van der Waals surface area contributed by atoms with Crippen LogP contribution in [0.4, 0.5) is 8.78 Å². The first-order valence-corrected chi connectivity index (χ1v) is 8.46. The van der Waals surface area contributed by atoms with Gasteiger partial charge in [0, 0.05) is 5.56 Å². The minimum Gasteiger partial charge on any atom is -0.493 e. The molecule has 2 aromatic rings. The third-order valence-electron chi connectivity index (χ3n) is 3.72. The van der Waals surface area contributed by atoms with Gasteiger partial charge >= 0.3 is 12.6 Å². The van der Waals surface area contributed by atoms with Gasteiger partial charge in [0.15, 0.2) is 17.6 Å². The number of ether oxygens (including phenoxy) is 4. The lowest BCUT2D eigenvalue weighted by atomic mass is 10.1. The lowest BCUT2D eigenvalue weighted by molar-refractivity contribution is -0.0498. The maximum Gasteiger partial charge on any atom is 0.387 e. The Morgan fingerprint density at radius 3 is 2.21 bits per heavy atom. The molecule has 0 heterocycles. The molecule has 0 saturated carbocycles. The van der Waals surface area contributed by atoms with Crippen LogP contribution < -0.4 is 14.2 Å². The van der Waals surface area contributed by atoms with Gasteiger partial charge in [0.1, 0.15) is 5.75 Å². The van der Waals surface area contributed by atoms with Crippen LogP contribution in [-0.2, 0) is 4.74 Å².